The lowest BCUT2D eigenvalue weighted by Crippen LogP contribution is -2.33. The Kier molecular flexibility index (Phi) is 3.21. The molecule has 1 saturated heterocycles. The molecular formula is C12H18N2O. The van der Waals surface area contributed by atoms with Gasteiger partial charge in [0.05, 0.1) is 12.6 Å². The molecule has 3 heteroatoms. The first-order valence-corrected chi connectivity index (χ1v) is 5.49. The highest BCUT2D eigenvalue weighted by atomic mass is 16.5. The first-order chi connectivity index (χ1) is 7.31. The van der Waals surface area contributed by atoms with Gasteiger partial charge in [-0.1, -0.05) is 6.07 Å². The van der Waals surface area contributed by atoms with Crippen LogP contribution in [0.1, 0.15) is 18.4 Å². The van der Waals surface area contributed by atoms with Crippen LogP contribution in [0.15, 0.2) is 18.3 Å². The summed E-state index contributed by atoms with van der Waals surface area (Å²) in [6.07, 6.45) is 4.38. The van der Waals surface area contributed by atoms with Crippen LogP contribution >= 0.6 is 0 Å². The Bertz CT molecular complexity index is 310. The maximum absolute atomic E-state index is 5.23. The summed E-state index contributed by atoms with van der Waals surface area (Å²) in [4.78, 5) is 6.81. The van der Waals surface area contributed by atoms with Crippen molar-refractivity contribution in [1.29, 1.82) is 0 Å². The van der Waals surface area contributed by atoms with E-state index in [-0.39, 0.29) is 0 Å². The van der Waals surface area contributed by atoms with E-state index in [1.54, 1.807) is 7.11 Å². The standard InChI is InChI=1S/C12H18N2O/c1-10-5-6-12(13-8-10)14-7-3-4-11(14)9-15-2/h5-6,8,11H,3-4,7,9H2,1-2H3/t11-/m1/s1. The third-order valence-corrected chi connectivity index (χ3v) is 2.93. The molecule has 0 bridgehead atoms. The number of aryl methyl sites for hydroxylation is 1. The van der Waals surface area contributed by atoms with Gasteiger partial charge in [-0.2, -0.15) is 0 Å². The number of ether oxygens (including phenoxy) is 1. The summed E-state index contributed by atoms with van der Waals surface area (Å²) >= 11 is 0. The van der Waals surface area contributed by atoms with E-state index < -0.39 is 0 Å². The van der Waals surface area contributed by atoms with Crippen molar-refractivity contribution in [3.63, 3.8) is 0 Å². The predicted octanol–water partition coefficient (Wildman–Crippen LogP) is 2.01. The minimum atomic E-state index is 0.505. The van der Waals surface area contributed by atoms with Crippen LogP contribution in [-0.4, -0.2) is 31.3 Å². The molecule has 1 aliphatic heterocycles. The molecule has 0 aliphatic carbocycles. The van der Waals surface area contributed by atoms with Crippen LogP contribution in [0.25, 0.3) is 0 Å². The summed E-state index contributed by atoms with van der Waals surface area (Å²) in [5.74, 6) is 1.08. The molecule has 15 heavy (non-hydrogen) atoms. The minimum absolute atomic E-state index is 0.505. The fourth-order valence-corrected chi connectivity index (χ4v) is 2.13. The zero-order chi connectivity index (χ0) is 10.7. The third-order valence-electron chi connectivity index (χ3n) is 2.93. The minimum Gasteiger partial charge on any atom is -0.383 e. The van der Waals surface area contributed by atoms with Gasteiger partial charge in [0, 0.05) is 19.9 Å². The summed E-state index contributed by atoms with van der Waals surface area (Å²) in [5.41, 5.74) is 1.21. The Morgan fingerprint density at radius 1 is 1.53 bits per heavy atom. The van der Waals surface area contributed by atoms with Gasteiger partial charge >= 0.3 is 0 Å². The van der Waals surface area contributed by atoms with E-state index in [2.05, 4.69) is 28.9 Å². The molecule has 2 rings (SSSR count). The number of methoxy groups -OCH3 is 1. The fourth-order valence-electron chi connectivity index (χ4n) is 2.13. The average Bonchev–Trinajstić information content (AvgIpc) is 2.68. The molecule has 0 aromatic carbocycles. The SMILES string of the molecule is COC[C@H]1CCCN1c1ccc(C)cn1. The van der Waals surface area contributed by atoms with Crippen molar-refractivity contribution in [2.24, 2.45) is 0 Å². The lowest BCUT2D eigenvalue weighted by molar-refractivity contribution is 0.180. The highest BCUT2D eigenvalue weighted by Gasteiger charge is 2.25. The zero-order valence-electron chi connectivity index (χ0n) is 9.44. The van der Waals surface area contributed by atoms with Crippen molar-refractivity contribution in [2.75, 3.05) is 25.2 Å². The van der Waals surface area contributed by atoms with Crippen LogP contribution in [0.5, 0.6) is 0 Å². The lowest BCUT2D eigenvalue weighted by Gasteiger charge is -2.25. The van der Waals surface area contributed by atoms with Gasteiger partial charge < -0.3 is 9.64 Å². The molecule has 0 amide bonds. The number of rotatable bonds is 3. The maximum atomic E-state index is 5.23. The van der Waals surface area contributed by atoms with Crippen molar-refractivity contribution < 1.29 is 4.74 Å². The van der Waals surface area contributed by atoms with E-state index in [4.69, 9.17) is 4.74 Å². The van der Waals surface area contributed by atoms with E-state index in [0.717, 1.165) is 19.0 Å². The molecule has 0 radical (unpaired) electrons. The maximum Gasteiger partial charge on any atom is 0.128 e. The van der Waals surface area contributed by atoms with E-state index >= 15 is 0 Å². The number of hydrogen-bond donors (Lipinski definition) is 0. The second kappa shape index (κ2) is 4.62. The summed E-state index contributed by atoms with van der Waals surface area (Å²) in [6.45, 7) is 3.97. The summed E-state index contributed by atoms with van der Waals surface area (Å²) in [5, 5.41) is 0. The van der Waals surface area contributed by atoms with Crippen LogP contribution in [-0.2, 0) is 4.74 Å². The van der Waals surface area contributed by atoms with Gasteiger partial charge in [-0.15, -0.1) is 0 Å². The number of aromatic nitrogens is 1. The summed E-state index contributed by atoms with van der Waals surface area (Å²) in [7, 11) is 1.76. The lowest BCUT2D eigenvalue weighted by atomic mass is 10.2. The van der Waals surface area contributed by atoms with Crippen molar-refractivity contribution in [1.82, 2.24) is 4.98 Å². The van der Waals surface area contributed by atoms with Crippen molar-refractivity contribution in [3.05, 3.63) is 23.9 Å². The van der Waals surface area contributed by atoms with Crippen LogP contribution in [0.4, 0.5) is 5.82 Å². The van der Waals surface area contributed by atoms with Gasteiger partial charge in [0.2, 0.25) is 0 Å². The van der Waals surface area contributed by atoms with Crippen molar-refractivity contribution >= 4 is 5.82 Å². The molecule has 1 aromatic heterocycles. The van der Waals surface area contributed by atoms with E-state index in [1.165, 1.54) is 18.4 Å². The first-order valence-electron chi connectivity index (χ1n) is 5.49. The molecule has 1 aromatic rings. The van der Waals surface area contributed by atoms with Crippen LogP contribution < -0.4 is 4.90 Å². The molecule has 1 atom stereocenters. The molecular weight excluding hydrogens is 188 g/mol. The third kappa shape index (κ3) is 2.29. The van der Waals surface area contributed by atoms with Crippen LogP contribution in [0.3, 0.4) is 0 Å². The molecule has 0 N–H and O–H groups in total. The van der Waals surface area contributed by atoms with Crippen LogP contribution in [0, 0.1) is 6.92 Å². The van der Waals surface area contributed by atoms with E-state index in [9.17, 15) is 0 Å². The molecule has 1 aliphatic rings. The Labute approximate surface area is 91.1 Å². The van der Waals surface area contributed by atoms with Gasteiger partial charge in [-0.25, -0.2) is 4.98 Å². The Balaban J connectivity index is 2.11. The van der Waals surface area contributed by atoms with Gasteiger partial charge in [0.15, 0.2) is 0 Å². The second-order valence-corrected chi connectivity index (χ2v) is 4.14. The topological polar surface area (TPSA) is 25.4 Å². The van der Waals surface area contributed by atoms with Crippen LogP contribution in [0.2, 0.25) is 0 Å². The van der Waals surface area contributed by atoms with Gasteiger partial charge in [0.25, 0.3) is 0 Å². The quantitative estimate of drug-likeness (QED) is 0.756. The van der Waals surface area contributed by atoms with Crippen molar-refractivity contribution in [3.8, 4) is 0 Å². The Morgan fingerprint density at radius 2 is 2.40 bits per heavy atom. The predicted molar refractivity (Wildman–Crippen MR) is 61.2 cm³/mol. The second-order valence-electron chi connectivity index (χ2n) is 4.14. The normalized spacial score (nSPS) is 20.9. The van der Waals surface area contributed by atoms with Gasteiger partial charge in [-0.05, 0) is 31.4 Å². The monoisotopic (exact) mass is 206 g/mol. The Morgan fingerprint density at radius 3 is 3.07 bits per heavy atom. The van der Waals surface area contributed by atoms with E-state index in [0.29, 0.717) is 6.04 Å². The molecule has 0 saturated carbocycles. The Hall–Kier alpha value is -1.09. The zero-order valence-corrected chi connectivity index (χ0v) is 9.44. The summed E-state index contributed by atoms with van der Waals surface area (Å²) in [6, 6.07) is 4.72. The average molecular weight is 206 g/mol. The number of hydrogen-bond acceptors (Lipinski definition) is 3. The van der Waals surface area contributed by atoms with Gasteiger partial charge in [-0.3, -0.25) is 0 Å². The first kappa shape index (κ1) is 10.4. The van der Waals surface area contributed by atoms with Crippen molar-refractivity contribution in [2.45, 2.75) is 25.8 Å². The fraction of sp³-hybridized carbons (Fsp3) is 0.583. The molecule has 2 heterocycles. The number of nitrogens with zero attached hydrogens (tertiary/aromatic N) is 2. The molecule has 1 fully saturated rings. The molecule has 3 nitrogen and oxygen atoms in total. The van der Waals surface area contributed by atoms with Gasteiger partial charge in [0.1, 0.15) is 5.82 Å². The highest BCUT2D eigenvalue weighted by molar-refractivity contribution is 5.41. The smallest absolute Gasteiger partial charge is 0.128 e. The summed E-state index contributed by atoms with van der Waals surface area (Å²) < 4.78 is 5.23. The number of anilines is 1. The molecule has 0 spiro atoms. The highest BCUT2D eigenvalue weighted by Crippen LogP contribution is 2.23. The molecule has 82 valence electrons. The van der Waals surface area contributed by atoms with E-state index in [1.807, 2.05) is 6.20 Å². The molecule has 0 unspecified atom stereocenters. The largest absolute Gasteiger partial charge is 0.383 e. The number of pyridine rings is 1.